The fourth-order valence-electron chi connectivity index (χ4n) is 3.32. The van der Waals surface area contributed by atoms with Crippen molar-refractivity contribution in [2.24, 2.45) is 0 Å². The van der Waals surface area contributed by atoms with Crippen LogP contribution >= 0.6 is 0 Å². The van der Waals surface area contributed by atoms with Crippen LogP contribution in [0.15, 0.2) is 42.5 Å². The van der Waals surface area contributed by atoms with Gasteiger partial charge in [0.1, 0.15) is 17.2 Å². The van der Waals surface area contributed by atoms with E-state index in [0.29, 0.717) is 43.6 Å². The summed E-state index contributed by atoms with van der Waals surface area (Å²) in [5.74, 6) is 1.80. The molecule has 0 saturated carbocycles. The molecule has 7 nitrogen and oxygen atoms in total. The quantitative estimate of drug-likeness (QED) is 0.464. The van der Waals surface area contributed by atoms with Gasteiger partial charge in [-0.3, -0.25) is 5.32 Å². The molecule has 0 aliphatic carbocycles. The molecule has 7 heteroatoms. The van der Waals surface area contributed by atoms with E-state index >= 15 is 0 Å². The van der Waals surface area contributed by atoms with E-state index in [-0.39, 0.29) is 0 Å². The number of ether oxygens (including phenoxy) is 4. The van der Waals surface area contributed by atoms with Gasteiger partial charge in [0, 0.05) is 25.2 Å². The Bertz CT molecular complexity index is 838. The molecule has 0 unspecified atom stereocenters. The largest absolute Gasteiger partial charge is 0.491 e. The Morgan fingerprint density at radius 1 is 0.969 bits per heavy atom. The molecule has 1 aliphatic rings. The molecule has 0 bridgehead atoms. The standard InChI is InChI=1S/C25H34N2O5/c1-3-5-14-30-23-19-22(27-12-16-29-17-13-27)24(31-15-6-4-2)18-21(23)26-25(28)32-20-10-8-7-9-11-20/h7-11,18-19H,3-6,12-17H2,1-2H3,(H,26,28). The van der Waals surface area contributed by atoms with Crippen LogP contribution in [0, 0.1) is 0 Å². The Hall–Kier alpha value is -2.93. The summed E-state index contributed by atoms with van der Waals surface area (Å²) in [6.07, 6.45) is 3.37. The van der Waals surface area contributed by atoms with Crippen LogP contribution in [-0.4, -0.2) is 45.6 Å². The van der Waals surface area contributed by atoms with Crippen LogP contribution in [0.5, 0.6) is 17.2 Å². The molecular formula is C25H34N2O5. The highest BCUT2D eigenvalue weighted by Crippen LogP contribution is 2.39. The fraction of sp³-hybridized carbons (Fsp3) is 0.480. The minimum Gasteiger partial charge on any atom is -0.491 e. The van der Waals surface area contributed by atoms with Gasteiger partial charge in [0.2, 0.25) is 0 Å². The molecule has 0 aromatic heterocycles. The lowest BCUT2D eigenvalue weighted by molar-refractivity contribution is 0.122. The number of morpholine rings is 1. The number of benzene rings is 2. The summed E-state index contributed by atoms with van der Waals surface area (Å²) >= 11 is 0. The molecule has 1 heterocycles. The topological polar surface area (TPSA) is 69.3 Å². The Balaban J connectivity index is 1.86. The number of hydrogen-bond acceptors (Lipinski definition) is 6. The van der Waals surface area contributed by atoms with Crippen molar-refractivity contribution in [1.82, 2.24) is 0 Å². The molecule has 1 fully saturated rings. The number of amides is 1. The number of carbonyl (C=O) groups excluding carboxylic acids is 1. The first-order valence-corrected chi connectivity index (χ1v) is 11.5. The zero-order chi connectivity index (χ0) is 22.6. The van der Waals surface area contributed by atoms with Crippen molar-refractivity contribution in [3.63, 3.8) is 0 Å². The first-order chi connectivity index (χ1) is 15.7. The van der Waals surface area contributed by atoms with Gasteiger partial charge in [-0.15, -0.1) is 0 Å². The smallest absolute Gasteiger partial charge is 0.417 e. The maximum atomic E-state index is 12.6. The number of unbranched alkanes of at least 4 members (excludes halogenated alkanes) is 2. The minimum absolute atomic E-state index is 0.475. The number of nitrogens with one attached hydrogen (secondary N) is 1. The molecule has 0 atom stereocenters. The summed E-state index contributed by atoms with van der Waals surface area (Å²) in [5, 5.41) is 2.84. The number of para-hydroxylation sites is 1. The Kier molecular flexibility index (Phi) is 9.50. The summed E-state index contributed by atoms with van der Waals surface area (Å²) < 4.78 is 23.1. The van der Waals surface area contributed by atoms with Crippen molar-refractivity contribution < 1.29 is 23.7 Å². The Morgan fingerprint density at radius 3 is 2.28 bits per heavy atom. The predicted octanol–water partition coefficient (Wildman–Crippen LogP) is 5.49. The van der Waals surface area contributed by atoms with Crippen LogP contribution in [0.3, 0.4) is 0 Å². The van der Waals surface area contributed by atoms with E-state index in [0.717, 1.165) is 50.2 Å². The molecule has 174 valence electrons. The molecule has 32 heavy (non-hydrogen) atoms. The second kappa shape index (κ2) is 12.8. The average Bonchev–Trinajstić information content (AvgIpc) is 2.81. The van der Waals surface area contributed by atoms with Gasteiger partial charge in [-0.1, -0.05) is 44.9 Å². The second-order valence-corrected chi connectivity index (χ2v) is 7.65. The molecule has 1 saturated heterocycles. The van der Waals surface area contributed by atoms with Gasteiger partial charge in [0.05, 0.1) is 37.8 Å². The van der Waals surface area contributed by atoms with Crippen molar-refractivity contribution in [2.45, 2.75) is 39.5 Å². The fourth-order valence-corrected chi connectivity index (χ4v) is 3.32. The highest BCUT2D eigenvalue weighted by atomic mass is 16.6. The van der Waals surface area contributed by atoms with E-state index in [1.165, 1.54) is 0 Å². The number of carbonyl (C=O) groups is 1. The van der Waals surface area contributed by atoms with Crippen LogP contribution < -0.4 is 24.4 Å². The number of nitrogens with zero attached hydrogens (tertiary/aromatic N) is 1. The lowest BCUT2D eigenvalue weighted by Gasteiger charge is -2.31. The van der Waals surface area contributed by atoms with Gasteiger partial charge in [-0.25, -0.2) is 4.79 Å². The highest BCUT2D eigenvalue weighted by Gasteiger charge is 2.21. The zero-order valence-corrected chi connectivity index (χ0v) is 19.1. The van der Waals surface area contributed by atoms with Gasteiger partial charge < -0.3 is 23.8 Å². The molecule has 3 rings (SSSR count). The molecule has 0 radical (unpaired) electrons. The highest BCUT2D eigenvalue weighted by molar-refractivity contribution is 5.90. The SMILES string of the molecule is CCCCOc1cc(N2CCOCC2)c(OCCCC)cc1NC(=O)Oc1ccccc1. The van der Waals surface area contributed by atoms with E-state index in [9.17, 15) is 4.79 Å². The van der Waals surface area contributed by atoms with Crippen LogP contribution in [-0.2, 0) is 4.74 Å². The molecule has 2 aromatic carbocycles. The summed E-state index contributed by atoms with van der Waals surface area (Å²) in [7, 11) is 0. The van der Waals surface area contributed by atoms with Crippen LogP contribution in [0.1, 0.15) is 39.5 Å². The Morgan fingerprint density at radius 2 is 1.62 bits per heavy atom. The van der Waals surface area contributed by atoms with Crippen LogP contribution in [0.2, 0.25) is 0 Å². The summed E-state index contributed by atoms with van der Waals surface area (Å²) in [6, 6.07) is 12.8. The lowest BCUT2D eigenvalue weighted by atomic mass is 10.2. The normalized spacial score (nSPS) is 13.5. The van der Waals surface area contributed by atoms with E-state index in [2.05, 4.69) is 24.1 Å². The monoisotopic (exact) mass is 442 g/mol. The predicted molar refractivity (Wildman–Crippen MR) is 126 cm³/mol. The number of rotatable bonds is 11. The molecule has 1 aliphatic heterocycles. The summed E-state index contributed by atoms with van der Waals surface area (Å²) in [4.78, 5) is 14.8. The maximum absolute atomic E-state index is 12.6. The third-order valence-corrected chi connectivity index (χ3v) is 5.11. The number of hydrogen-bond donors (Lipinski definition) is 1. The molecule has 1 N–H and O–H groups in total. The third kappa shape index (κ3) is 7.05. The van der Waals surface area contributed by atoms with Gasteiger partial charge in [0.25, 0.3) is 0 Å². The van der Waals surface area contributed by atoms with Crippen LogP contribution in [0.25, 0.3) is 0 Å². The van der Waals surface area contributed by atoms with Crippen molar-refractivity contribution in [3.8, 4) is 17.2 Å². The maximum Gasteiger partial charge on any atom is 0.417 e. The van der Waals surface area contributed by atoms with Crippen LogP contribution in [0.4, 0.5) is 16.2 Å². The van der Waals surface area contributed by atoms with Crippen molar-refractivity contribution in [1.29, 1.82) is 0 Å². The first-order valence-electron chi connectivity index (χ1n) is 11.5. The minimum atomic E-state index is -0.574. The van der Waals surface area contributed by atoms with E-state index < -0.39 is 6.09 Å². The van der Waals surface area contributed by atoms with E-state index in [1.54, 1.807) is 12.1 Å². The lowest BCUT2D eigenvalue weighted by Crippen LogP contribution is -2.36. The van der Waals surface area contributed by atoms with Gasteiger partial charge in [-0.2, -0.15) is 0 Å². The third-order valence-electron chi connectivity index (χ3n) is 5.11. The average molecular weight is 443 g/mol. The van der Waals surface area contributed by atoms with Crippen molar-refractivity contribution >= 4 is 17.5 Å². The molecule has 0 spiro atoms. The van der Waals surface area contributed by atoms with Gasteiger partial charge >= 0.3 is 6.09 Å². The van der Waals surface area contributed by atoms with E-state index in [4.69, 9.17) is 18.9 Å². The zero-order valence-electron chi connectivity index (χ0n) is 19.1. The van der Waals surface area contributed by atoms with Gasteiger partial charge in [-0.05, 0) is 25.0 Å². The number of anilines is 2. The van der Waals surface area contributed by atoms with Crippen molar-refractivity contribution in [3.05, 3.63) is 42.5 Å². The molecule has 1 amide bonds. The van der Waals surface area contributed by atoms with E-state index in [1.807, 2.05) is 30.3 Å². The molecular weight excluding hydrogens is 408 g/mol. The Labute approximate surface area is 190 Å². The second-order valence-electron chi connectivity index (χ2n) is 7.65. The summed E-state index contributed by atoms with van der Waals surface area (Å²) in [5.41, 5.74) is 1.49. The van der Waals surface area contributed by atoms with Gasteiger partial charge in [0.15, 0.2) is 0 Å². The summed E-state index contributed by atoms with van der Waals surface area (Å²) in [6.45, 7) is 8.32. The first kappa shape index (κ1) is 23.7. The molecule has 2 aromatic rings. The van der Waals surface area contributed by atoms with Crippen molar-refractivity contribution in [2.75, 3.05) is 49.7 Å².